The first kappa shape index (κ1) is 9.12. The predicted octanol–water partition coefficient (Wildman–Crippen LogP) is -0.705. The molecule has 0 aromatic rings. The van der Waals surface area contributed by atoms with E-state index in [1.54, 1.807) is 0 Å². The quantitative estimate of drug-likeness (QED) is 0.492. The fourth-order valence-corrected chi connectivity index (χ4v) is 0. The second-order valence-corrected chi connectivity index (χ2v) is 1.37. The van der Waals surface area contributed by atoms with E-state index in [2.05, 4.69) is 0 Å². The molecule has 5 heavy (non-hydrogen) atoms. The van der Waals surface area contributed by atoms with Gasteiger partial charge in [0.05, 0.1) is 0 Å². The third-order valence-corrected chi connectivity index (χ3v) is 0. The van der Waals surface area contributed by atoms with Crippen molar-refractivity contribution < 1.29 is 27.3 Å². The van der Waals surface area contributed by atoms with E-state index in [0.717, 1.165) is 0 Å². The molecule has 0 amide bonds. The molecule has 0 heterocycles. The maximum atomic E-state index is 9.03. The summed E-state index contributed by atoms with van der Waals surface area (Å²) in [5.41, 5.74) is 0. The summed E-state index contributed by atoms with van der Waals surface area (Å²) in [4.78, 5) is 9.03. The predicted molar refractivity (Wildman–Crippen MR) is 16.6 cm³/mol. The summed E-state index contributed by atoms with van der Waals surface area (Å²) < 4.78 is -0.771. The summed E-state index contributed by atoms with van der Waals surface area (Å²) in [5.74, 6) is 0. The third-order valence-electron chi connectivity index (χ3n) is 0. The van der Waals surface area contributed by atoms with Crippen molar-refractivity contribution in [3.8, 4) is 0 Å². The van der Waals surface area contributed by atoms with Crippen molar-refractivity contribution >= 4 is 21.6 Å². The Morgan fingerprint density at radius 3 is 1.80 bits per heavy atom. The van der Waals surface area contributed by atoms with Gasteiger partial charge in [-0.15, -0.1) is 0 Å². The van der Waals surface area contributed by atoms with Crippen LogP contribution in [0.1, 0.15) is 0 Å². The van der Waals surface area contributed by atoms with Crippen LogP contribution in [0.5, 0.6) is 0 Å². The second-order valence-electron chi connectivity index (χ2n) is 0.338. The molecule has 0 aromatic carbocycles. The maximum Gasteiger partial charge on any atom is 0 e. The maximum absolute atomic E-state index is 9.03. The van der Waals surface area contributed by atoms with Gasteiger partial charge in [0.15, 0.2) is 0 Å². The summed E-state index contributed by atoms with van der Waals surface area (Å²) >= 11 is 0.715. The molecule has 0 aliphatic heterocycles. The van der Waals surface area contributed by atoms with Gasteiger partial charge in [-0.3, -0.25) is 0 Å². The first-order valence-electron chi connectivity index (χ1n) is 0.716. The second kappa shape index (κ2) is 4.56. The topological polar surface area (TPSA) is 37.3 Å². The van der Waals surface area contributed by atoms with E-state index in [4.69, 9.17) is 9.90 Å². The van der Waals surface area contributed by atoms with Crippen molar-refractivity contribution in [3.63, 3.8) is 0 Å². The zero-order valence-corrected chi connectivity index (χ0v) is 6.04. The van der Waals surface area contributed by atoms with Gasteiger partial charge in [0.1, 0.15) is 0 Å². The smallest absolute Gasteiger partial charge is 0 e. The molecule has 0 rings (SSSR count). The Hall–Kier alpha value is 0.561. The van der Waals surface area contributed by atoms with Crippen molar-refractivity contribution in [2.45, 2.75) is 0 Å². The molecule has 0 aliphatic carbocycles. The molecule has 1 atom stereocenters. The molecule has 0 spiro atoms. The summed E-state index contributed by atoms with van der Waals surface area (Å²) in [6.45, 7) is 0. The van der Waals surface area contributed by atoms with Gasteiger partial charge in [-0.2, -0.15) is 0 Å². The molecule has 0 radical (unpaired) electrons. The number of carboxylic acid groups (broad SMARTS) is 1. The zero-order chi connectivity index (χ0) is 3.58. The van der Waals surface area contributed by atoms with E-state index in [0.29, 0.717) is 16.9 Å². The molecule has 2 nitrogen and oxygen atoms in total. The Morgan fingerprint density at radius 1 is 1.80 bits per heavy atom. The summed E-state index contributed by atoms with van der Waals surface area (Å²) in [6.07, 6.45) is 0. The molecule has 0 saturated heterocycles. The Kier molecular flexibility index (Phi) is 8.32. The molecule has 0 aromatic heterocycles. The standard InChI is InChI=1S/CH3AsO2.Cr/c2-1(3)4;/h2H2,(H,3,4);. The molecule has 1 unspecified atom stereocenters. The molecular formula is CH3AsCrO2. The van der Waals surface area contributed by atoms with E-state index in [9.17, 15) is 0 Å². The Bertz CT molecular complexity index is 32.6. The minimum Gasteiger partial charge on any atom is 0 e. The first-order chi connectivity index (χ1) is 1.73. The Morgan fingerprint density at radius 2 is 1.80 bits per heavy atom. The fourth-order valence-electron chi connectivity index (χ4n) is 0. The monoisotopic (exact) mass is 174 g/mol. The van der Waals surface area contributed by atoms with Crippen LogP contribution >= 0.6 is 0 Å². The zero-order valence-electron chi connectivity index (χ0n) is 2.34. The van der Waals surface area contributed by atoms with E-state index in [1.165, 1.54) is 0 Å². The van der Waals surface area contributed by atoms with Crippen LogP contribution in [0.15, 0.2) is 0 Å². The third kappa shape index (κ3) is 95.1. The van der Waals surface area contributed by atoms with Gasteiger partial charge in [-0.1, -0.05) is 0 Å². The van der Waals surface area contributed by atoms with Gasteiger partial charge >= 0.3 is 31.5 Å². The van der Waals surface area contributed by atoms with E-state index < -0.39 is 4.76 Å². The van der Waals surface area contributed by atoms with E-state index >= 15 is 0 Å². The van der Waals surface area contributed by atoms with Crippen molar-refractivity contribution in [3.05, 3.63) is 0 Å². The van der Waals surface area contributed by atoms with Gasteiger partial charge in [0, 0.05) is 17.4 Å². The van der Waals surface area contributed by atoms with Crippen molar-refractivity contribution in [2.75, 3.05) is 0 Å². The van der Waals surface area contributed by atoms with Crippen LogP contribution in [0.2, 0.25) is 0 Å². The SMILES string of the molecule is O=C(O)[AsH2].[Cr]. The largest absolute Gasteiger partial charge is 0 e. The summed E-state index contributed by atoms with van der Waals surface area (Å²) in [7, 11) is 0. The van der Waals surface area contributed by atoms with Gasteiger partial charge < -0.3 is 0 Å². The molecule has 0 bridgehead atoms. The Labute approximate surface area is 49.2 Å². The van der Waals surface area contributed by atoms with Gasteiger partial charge in [-0.05, 0) is 0 Å². The van der Waals surface area contributed by atoms with Gasteiger partial charge in [-0.25, -0.2) is 0 Å². The van der Waals surface area contributed by atoms with Crippen molar-refractivity contribution in [2.24, 2.45) is 0 Å². The molecule has 0 aliphatic rings. The summed E-state index contributed by atoms with van der Waals surface area (Å²) in [5, 5.41) is 7.44. The van der Waals surface area contributed by atoms with Crippen LogP contribution in [-0.2, 0) is 17.4 Å². The van der Waals surface area contributed by atoms with Crippen LogP contribution in [0.4, 0.5) is 4.79 Å². The van der Waals surface area contributed by atoms with E-state index in [1.807, 2.05) is 0 Å². The number of hydrogen-bond donors (Lipinski definition) is 1. The average Bonchev–Trinajstić information content (AvgIpc) is 0.811. The molecule has 4 heteroatoms. The first-order valence-corrected chi connectivity index (χ1v) is 1.93. The van der Waals surface area contributed by atoms with Crippen LogP contribution in [0.3, 0.4) is 0 Å². The fraction of sp³-hybridized carbons (Fsp3) is 0. The van der Waals surface area contributed by atoms with Gasteiger partial charge in [0.2, 0.25) is 0 Å². The summed E-state index contributed by atoms with van der Waals surface area (Å²) in [6, 6.07) is 0. The van der Waals surface area contributed by atoms with Crippen LogP contribution in [-0.4, -0.2) is 26.7 Å². The molecular weight excluding hydrogens is 171 g/mol. The normalized spacial score (nSPS) is 5.00. The molecule has 30 valence electrons. The number of rotatable bonds is 0. The molecule has 0 saturated carbocycles. The Balaban J connectivity index is 0. The minimum atomic E-state index is -0.771. The number of hydrogen-bond acceptors (Lipinski definition) is 1. The molecule has 1 N–H and O–H groups in total. The van der Waals surface area contributed by atoms with Gasteiger partial charge in [0.25, 0.3) is 0 Å². The minimum absolute atomic E-state index is 0. The van der Waals surface area contributed by atoms with Crippen molar-refractivity contribution in [1.29, 1.82) is 0 Å². The van der Waals surface area contributed by atoms with Crippen LogP contribution in [0, 0.1) is 0 Å². The van der Waals surface area contributed by atoms with E-state index in [-0.39, 0.29) is 17.4 Å². The molecule has 0 fully saturated rings. The van der Waals surface area contributed by atoms with Crippen molar-refractivity contribution in [1.82, 2.24) is 0 Å². The average molecular weight is 174 g/mol. The number of carbonyl (C=O) groups is 1. The van der Waals surface area contributed by atoms with Crippen LogP contribution in [0.25, 0.3) is 0 Å². The van der Waals surface area contributed by atoms with Crippen LogP contribution < -0.4 is 0 Å².